The fourth-order valence-electron chi connectivity index (χ4n) is 3.35. The second-order valence-electron chi connectivity index (χ2n) is 8.34. The summed E-state index contributed by atoms with van der Waals surface area (Å²) < 4.78 is 53.8. The predicted octanol–water partition coefficient (Wildman–Crippen LogP) is 7.22. The minimum absolute atomic E-state index is 0.0616. The van der Waals surface area contributed by atoms with Gasteiger partial charge in [0.15, 0.2) is 0 Å². The molecule has 4 aromatic rings. The van der Waals surface area contributed by atoms with Crippen LogP contribution in [0.1, 0.15) is 15.9 Å². The number of fused-ring (bicyclic) bond motifs is 1. The summed E-state index contributed by atoms with van der Waals surface area (Å²) in [7, 11) is -2.65. The van der Waals surface area contributed by atoms with Crippen molar-refractivity contribution < 1.29 is 27.3 Å². The van der Waals surface area contributed by atoms with E-state index >= 15 is 0 Å². The lowest BCUT2D eigenvalue weighted by molar-refractivity contribution is -0.137. The van der Waals surface area contributed by atoms with Gasteiger partial charge in [-0.05, 0) is 66.4 Å². The van der Waals surface area contributed by atoms with Crippen molar-refractivity contribution in [1.82, 2.24) is 4.98 Å². The van der Waals surface area contributed by atoms with Gasteiger partial charge in [-0.1, -0.05) is 11.6 Å². The largest absolute Gasteiger partial charge is 0.417 e. The van der Waals surface area contributed by atoms with Gasteiger partial charge in [0.2, 0.25) is 0 Å². The standard InChI is InChI=1S/C24H20ClF3N4O3S2/c1-37(2,35)32-22(33)15-7-14(11-29-12-15)21-9-13-8-16(4-6-20(13)36-21)30-23(34)31-17-3-5-19(25)18(10-17)24(26,27)28/h3-12,37H,1-2H3,(H2,30,31,34)(H,32,33,35). The van der Waals surface area contributed by atoms with Gasteiger partial charge in [-0.2, -0.15) is 17.5 Å². The van der Waals surface area contributed by atoms with Gasteiger partial charge < -0.3 is 15.2 Å². The number of hydrogen-bond donors (Lipinski definition) is 4. The number of hydrogen-bond acceptors (Lipinski definition) is 4. The highest BCUT2D eigenvalue weighted by atomic mass is 35.5. The second kappa shape index (κ2) is 10.2. The molecule has 2 aromatic carbocycles. The quantitative estimate of drug-likeness (QED) is 0.195. The van der Waals surface area contributed by atoms with Crippen molar-refractivity contribution in [2.75, 3.05) is 23.1 Å². The summed E-state index contributed by atoms with van der Waals surface area (Å²) in [5.41, 5.74) is 0.261. The van der Waals surface area contributed by atoms with Crippen LogP contribution in [0.25, 0.3) is 20.5 Å². The van der Waals surface area contributed by atoms with E-state index in [1.807, 2.05) is 6.07 Å². The molecule has 0 unspecified atom stereocenters. The lowest BCUT2D eigenvalue weighted by atomic mass is 10.1. The highest BCUT2D eigenvalue weighted by molar-refractivity contribution is 7.98. The summed E-state index contributed by atoms with van der Waals surface area (Å²) in [6.07, 6.45) is 1.36. The van der Waals surface area contributed by atoms with Crippen molar-refractivity contribution in [3.8, 4) is 10.4 Å². The van der Waals surface area contributed by atoms with Crippen LogP contribution in [0.4, 0.5) is 29.3 Å². The molecule has 0 spiro atoms. The number of rotatable bonds is 4. The molecular formula is C24H20ClF3N4O3S2. The Hall–Kier alpha value is -3.32. The molecule has 0 saturated carbocycles. The maximum absolute atomic E-state index is 13.1. The Bertz CT molecular complexity index is 1570. The predicted molar refractivity (Wildman–Crippen MR) is 144 cm³/mol. The zero-order valence-corrected chi connectivity index (χ0v) is 21.8. The van der Waals surface area contributed by atoms with Gasteiger partial charge in [-0.3, -0.25) is 9.78 Å². The Labute approximate surface area is 219 Å². The van der Waals surface area contributed by atoms with E-state index in [2.05, 4.69) is 20.0 Å². The zero-order valence-electron chi connectivity index (χ0n) is 19.3. The Morgan fingerprint density at radius 3 is 2.38 bits per heavy atom. The molecule has 0 atom stereocenters. The number of pyridine rings is 1. The van der Waals surface area contributed by atoms with Gasteiger partial charge in [0.1, 0.15) is 0 Å². The van der Waals surface area contributed by atoms with Gasteiger partial charge in [0.25, 0.3) is 5.91 Å². The van der Waals surface area contributed by atoms with Crippen LogP contribution in [-0.4, -0.2) is 34.0 Å². The minimum atomic E-state index is -4.65. The normalized spacial score (nSPS) is 12.3. The van der Waals surface area contributed by atoms with Crippen LogP contribution in [0.15, 0.2) is 65.3 Å². The van der Waals surface area contributed by atoms with E-state index < -0.39 is 38.8 Å². The van der Waals surface area contributed by atoms with Gasteiger partial charge >= 0.3 is 12.2 Å². The van der Waals surface area contributed by atoms with Gasteiger partial charge in [-0.15, -0.1) is 21.4 Å². The van der Waals surface area contributed by atoms with Crippen molar-refractivity contribution in [2.45, 2.75) is 6.18 Å². The molecule has 2 heterocycles. The van der Waals surface area contributed by atoms with Gasteiger partial charge in [0, 0.05) is 38.9 Å². The smallest absolute Gasteiger partial charge is 0.345 e. The molecule has 194 valence electrons. The summed E-state index contributed by atoms with van der Waals surface area (Å²) >= 11 is 7.06. The summed E-state index contributed by atoms with van der Waals surface area (Å²) in [5.74, 6) is -0.545. The van der Waals surface area contributed by atoms with Crippen LogP contribution in [0.5, 0.6) is 0 Å². The molecule has 0 aliphatic rings. The number of thiophene rings is 1. The van der Waals surface area contributed by atoms with Crippen molar-refractivity contribution in [1.29, 1.82) is 0 Å². The first-order valence-electron chi connectivity index (χ1n) is 10.6. The average molecular weight is 569 g/mol. The number of nitrogens with zero attached hydrogens (tertiary/aromatic N) is 2. The van der Waals surface area contributed by atoms with E-state index in [9.17, 15) is 27.3 Å². The summed E-state index contributed by atoms with van der Waals surface area (Å²) in [6, 6.07) is 11.1. The molecule has 0 radical (unpaired) electrons. The number of thiol groups is 1. The number of urea groups is 1. The van der Waals surface area contributed by atoms with Crippen LogP contribution in [0, 0.1) is 0 Å². The molecule has 0 bridgehead atoms. The molecule has 13 heteroatoms. The molecule has 4 rings (SSSR count). The van der Waals surface area contributed by atoms with Crippen molar-refractivity contribution >= 4 is 66.4 Å². The maximum Gasteiger partial charge on any atom is 0.417 e. The molecule has 0 saturated heterocycles. The van der Waals surface area contributed by atoms with E-state index in [-0.39, 0.29) is 11.3 Å². The van der Waals surface area contributed by atoms with Crippen molar-refractivity contribution in [2.24, 2.45) is 4.36 Å². The molecule has 3 N–H and O–H groups in total. The van der Waals surface area contributed by atoms with E-state index in [0.717, 1.165) is 27.1 Å². The van der Waals surface area contributed by atoms with E-state index in [0.29, 0.717) is 11.3 Å². The summed E-state index contributed by atoms with van der Waals surface area (Å²) in [5, 5.41) is 5.31. The van der Waals surface area contributed by atoms with E-state index in [4.69, 9.17) is 11.6 Å². The number of carbonyl (C=O) groups excluding carboxylic acids is 2. The third-order valence-corrected chi connectivity index (χ3v) is 7.07. The van der Waals surface area contributed by atoms with Crippen molar-refractivity contribution in [3.05, 3.63) is 77.1 Å². The third kappa shape index (κ3) is 6.72. The number of aromatic nitrogens is 1. The fraction of sp³-hybridized carbons (Fsp3) is 0.125. The third-order valence-electron chi connectivity index (χ3n) is 4.91. The van der Waals surface area contributed by atoms with Crippen LogP contribution < -0.4 is 10.6 Å². The Morgan fingerprint density at radius 1 is 1.03 bits per heavy atom. The molecule has 0 aliphatic carbocycles. The minimum Gasteiger partial charge on any atom is -0.345 e. The first-order valence-corrected chi connectivity index (χ1v) is 14.3. The first-order chi connectivity index (χ1) is 17.3. The molecular weight excluding hydrogens is 549 g/mol. The lowest BCUT2D eigenvalue weighted by Crippen LogP contribution is -2.19. The number of halogens is 4. The second-order valence-corrected chi connectivity index (χ2v) is 12.7. The number of alkyl halides is 3. The molecule has 3 amide bonds. The maximum atomic E-state index is 13.1. The van der Waals surface area contributed by atoms with Gasteiger partial charge in [0.05, 0.1) is 16.1 Å². The number of nitrogens with one attached hydrogen (secondary N) is 2. The van der Waals surface area contributed by atoms with Crippen LogP contribution in [0.2, 0.25) is 5.02 Å². The van der Waals surface area contributed by atoms with E-state index in [1.165, 1.54) is 36.1 Å². The van der Waals surface area contributed by atoms with E-state index in [1.54, 1.807) is 30.5 Å². The molecule has 7 nitrogen and oxygen atoms in total. The SMILES string of the molecule is C[SH](C)(O)=NC(=O)c1cncc(-c2cc3cc(NC(=O)Nc4ccc(Cl)c(C(F)(F)F)c4)ccc3s2)c1. The fourth-order valence-corrected chi connectivity index (χ4v) is 5.16. The summed E-state index contributed by atoms with van der Waals surface area (Å²) in [6.45, 7) is 0. The number of benzene rings is 2. The highest BCUT2D eigenvalue weighted by Gasteiger charge is 2.33. The molecule has 0 aliphatic heterocycles. The highest BCUT2D eigenvalue weighted by Crippen LogP contribution is 2.37. The lowest BCUT2D eigenvalue weighted by Gasteiger charge is -2.12. The van der Waals surface area contributed by atoms with Crippen LogP contribution in [-0.2, 0) is 16.3 Å². The average Bonchev–Trinajstić information content (AvgIpc) is 3.22. The monoisotopic (exact) mass is 568 g/mol. The number of anilines is 2. The Balaban J connectivity index is 1.52. The van der Waals surface area contributed by atoms with Crippen LogP contribution in [0.3, 0.4) is 0 Å². The topological polar surface area (TPSA) is 104 Å². The number of amides is 3. The zero-order chi connectivity index (χ0) is 27.0. The first kappa shape index (κ1) is 26.7. The van der Waals surface area contributed by atoms with Crippen LogP contribution >= 0.6 is 22.9 Å². The Kier molecular flexibility index (Phi) is 7.38. The van der Waals surface area contributed by atoms with Gasteiger partial charge in [-0.25, -0.2) is 4.79 Å². The summed E-state index contributed by atoms with van der Waals surface area (Å²) in [4.78, 5) is 29.7. The number of carbonyl (C=O) groups is 2. The Morgan fingerprint density at radius 2 is 1.70 bits per heavy atom. The molecule has 37 heavy (non-hydrogen) atoms. The molecule has 0 fully saturated rings. The molecule has 2 aromatic heterocycles. The van der Waals surface area contributed by atoms with Crippen molar-refractivity contribution in [3.63, 3.8) is 0 Å².